The highest BCUT2D eigenvalue weighted by molar-refractivity contribution is 6.04. The maximum Gasteiger partial charge on any atom is 0.338 e. The minimum atomic E-state index is -1.19. The van der Waals surface area contributed by atoms with Gasteiger partial charge in [-0.25, -0.2) is 9.48 Å². The molecule has 188 valence electrons. The van der Waals surface area contributed by atoms with Gasteiger partial charge in [0.2, 0.25) is 0 Å². The van der Waals surface area contributed by atoms with Gasteiger partial charge in [0.25, 0.3) is 17.4 Å². The van der Waals surface area contributed by atoms with Gasteiger partial charge in [0.05, 0.1) is 22.5 Å². The predicted octanol–water partition coefficient (Wildman–Crippen LogP) is 3.32. The zero-order valence-corrected chi connectivity index (χ0v) is 20.5. The molecule has 2 N–H and O–H groups in total. The molecule has 0 aliphatic rings. The normalized spacial score (nSPS) is 11.4. The molecule has 4 aromatic rings. The van der Waals surface area contributed by atoms with Gasteiger partial charge in [0.1, 0.15) is 5.69 Å². The zero-order chi connectivity index (χ0) is 26.5. The lowest BCUT2D eigenvalue weighted by Crippen LogP contribution is -2.32. The van der Waals surface area contributed by atoms with E-state index in [1.165, 1.54) is 29.9 Å². The van der Waals surface area contributed by atoms with Crippen molar-refractivity contribution < 1.29 is 19.1 Å². The van der Waals surface area contributed by atoms with Crippen molar-refractivity contribution in [2.45, 2.75) is 20.0 Å². The number of rotatable bonds is 7. The van der Waals surface area contributed by atoms with Gasteiger partial charge in [0.15, 0.2) is 6.10 Å². The molecule has 2 aromatic heterocycles. The van der Waals surface area contributed by atoms with E-state index < -0.39 is 23.5 Å². The first-order valence-electron chi connectivity index (χ1n) is 11.4. The second-order valence-electron chi connectivity index (χ2n) is 8.25. The van der Waals surface area contributed by atoms with Crippen molar-refractivity contribution in [1.29, 1.82) is 0 Å². The third-order valence-corrected chi connectivity index (χ3v) is 5.74. The molecule has 2 heterocycles. The number of hydrogen-bond acceptors (Lipinski definition) is 6. The van der Waals surface area contributed by atoms with E-state index in [1.807, 2.05) is 18.2 Å². The third kappa shape index (κ3) is 5.48. The number of pyridine rings is 1. The number of carbonyl (C=O) groups excluding carboxylic acids is 3. The summed E-state index contributed by atoms with van der Waals surface area (Å²) < 4.78 is 8.40. The molecule has 0 radical (unpaired) electrons. The summed E-state index contributed by atoms with van der Waals surface area (Å²) in [6.45, 7) is 3.12. The van der Waals surface area contributed by atoms with Gasteiger partial charge in [0, 0.05) is 25.1 Å². The maximum absolute atomic E-state index is 13.0. The molecule has 4 rings (SSSR count). The van der Waals surface area contributed by atoms with Crippen LogP contribution in [0.15, 0.2) is 83.9 Å². The Morgan fingerprint density at radius 3 is 2.38 bits per heavy atom. The van der Waals surface area contributed by atoms with Crippen molar-refractivity contribution in [2.75, 3.05) is 10.6 Å². The molecule has 10 heteroatoms. The average Bonchev–Trinajstić information content (AvgIpc) is 3.12. The Labute approximate surface area is 212 Å². The van der Waals surface area contributed by atoms with Crippen LogP contribution in [0.4, 0.5) is 11.4 Å². The van der Waals surface area contributed by atoms with E-state index >= 15 is 0 Å². The molecule has 37 heavy (non-hydrogen) atoms. The highest BCUT2D eigenvalue weighted by Crippen LogP contribution is 2.16. The minimum Gasteiger partial charge on any atom is -0.449 e. The fourth-order valence-electron chi connectivity index (χ4n) is 3.64. The molecule has 0 fully saturated rings. The third-order valence-electron chi connectivity index (χ3n) is 5.74. The summed E-state index contributed by atoms with van der Waals surface area (Å²) in [7, 11) is 1.71. The number of aromatic nitrogens is 3. The van der Waals surface area contributed by atoms with E-state index in [9.17, 15) is 19.2 Å². The van der Waals surface area contributed by atoms with E-state index in [0.717, 1.165) is 0 Å². The molecule has 0 unspecified atom stereocenters. The Morgan fingerprint density at radius 1 is 0.946 bits per heavy atom. The first-order valence-corrected chi connectivity index (χ1v) is 11.4. The molecule has 0 bridgehead atoms. The fraction of sp³-hybridized carbons (Fsp3) is 0.148. The molecule has 0 saturated heterocycles. The smallest absolute Gasteiger partial charge is 0.338 e. The summed E-state index contributed by atoms with van der Waals surface area (Å²) in [6, 6.07) is 18.4. The number of nitrogens with one attached hydrogen (secondary N) is 2. The Bertz CT molecular complexity index is 1510. The molecule has 0 aliphatic carbocycles. The Kier molecular flexibility index (Phi) is 7.28. The van der Waals surface area contributed by atoms with Crippen molar-refractivity contribution in [3.8, 4) is 5.69 Å². The van der Waals surface area contributed by atoms with Crippen molar-refractivity contribution in [1.82, 2.24) is 14.3 Å². The summed E-state index contributed by atoms with van der Waals surface area (Å²) in [5.41, 5.74) is 1.76. The lowest BCUT2D eigenvalue weighted by molar-refractivity contribution is -0.123. The molecule has 1 atom stereocenters. The summed E-state index contributed by atoms with van der Waals surface area (Å²) >= 11 is 0. The van der Waals surface area contributed by atoms with Crippen LogP contribution >= 0.6 is 0 Å². The number of para-hydroxylation sites is 1. The van der Waals surface area contributed by atoms with Gasteiger partial charge in [-0.2, -0.15) is 0 Å². The van der Waals surface area contributed by atoms with Gasteiger partial charge in [-0.05, 0) is 56.3 Å². The van der Waals surface area contributed by atoms with Crippen LogP contribution < -0.4 is 16.2 Å². The molecular formula is C27H25N5O5. The number of esters is 1. The number of anilines is 2. The maximum atomic E-state index is 13.0. The lowest BCUT2D eigenvalue weighted by atomic mass is 10.2. The topological polar surface area (TPSA) is 124 Å². The molecule has 10 nitrogen and oxygen atoms in total. The number of amides is 2. The first-order chi connectivity index (χ1) is 17.8. The minimum absolute atomic E-state index is 0.0966. The van der Waals surface area contributed by atoms with Crippen molar-refractivity contribution in [3.05, 3.63) is 106 Å². The summed E-state index contributed by atoms with van der Waals surface area (Å²) in [5, 5.41) is 5.28. The second kappa shape index (κ2) is 10.7. The molecule has 2 aromatic carbocycles. The average molecular weight is 500 g/mol. The van der Waals surface area contributed by atoms with Gasteiger partial charge in [-0.15, -0.1) is 0 Å². The molecule has 0 saturated carbocycles. The van der Waals surface area contributed by atoms with Crippen LogP contribution in [0.5, 0.6) is 0 Å². The molecule has 0 spiro atoms. The van der Waals surface area contributed by atoms with Crippen LogP contribution in [0.25, 0.3) is 5.69 Å². The Morgan fingerprint density at radius 2 is 1.68 bits per heavy atom. The summed E-state index contributed by atoms with van der Waals surface area (Å²) in [4.78, 5) is 54.8. The van der Waals surface area contributed by atoms with Crippen molar-refractivity contribution >= 4 is 29.2 Å². The highest BCUT2D eigenvalue weighted by Gasteiger charge is 2.24. The van der Waals surface area contributed by atoms with Crippen molar-refractivity contribution in [3.63, 3.8) is 0 Å². The van der Waals surface area contributed by atoms with E-state index in [2.05, 4.69) is 15.6 Å². The Balaban J connectivity index is 1.44. The number of carbonyl (C=O) groups is 3. The zero-order valence-electron chi connectivity index (χ0n) is 20.5. The van der Waals surface area contributed by atoms with Gasteiger partial charge >= 0.3 is 5.97 Å². The summed E-state index contributed by atoms with van der Waals surface area (Å²) in [6.07, 6.45) is 1.80. The van der Waals surface area contributed by atoms with Crippen LogP contribution in [-0.2, 0) is 16.6 Å². The number of nitrogens with zero attached hydrogens (tertiary/aromatic N) is 3. The van der Waals surface area contributed by atoms with Crippen LogP contribution in [0, 0.1) is 6.92 Å². The second-order valence-corrected chi connectivity index (χ2v) is 8.25. The molecule has 0 aliphatic heterocycles. The molecule has 2 amide bonds. The monoisotopic (exact) mass is 499 g/mol. The van der Waals surface area contributed by atoms with E-state index in [1.54, 1.807) is 61.2 Å². The van der Waals surface area contributed by atoms with E-state index in [-0.39, 0.29) is 17.2 Å². The summed E-state index contributed by atoms with van der Waals surface area (Å²) in [5.74, 6) is -1.79. The van der Waals surface area contributed by atoms with Crippen LogP contribution in [0.1, 0.15) is 33.3 Å². The standard InChI is InChI=1S/C27H25N5O5/c1-17-23(26(35)32(31(17)3)22-12-5-4-6-13-22)30-24(33)18(2)37-27(36)19-9-7-11-21(15-19)29-25(34)20-10-8-14-28-16-20/h4-16,18H,1-3H3,(H,29,34)(H,30,33)/t18-/m1/s1. The van der Waals surface area contributed by atoms with Crippen LogP contribution in [0.2, 0.25) is 0 Å². The van der Waals surface area contributed by atoms with Crippen molar-refractivity contribution in [2.24, 2.45) is 7.05 Å². The number of ether oxygens (including phenoxy) is 1. The quantitative estimate of drug-likeness (QED) is 0.376. The number of hydrogen-bond donors (Lipinski definition) is 2. The largest absolute Gasteiger partial charge is 0.449 e. The fourth-order valence-corrected chi connectivity index (χ4v) is 3.64. The van der Waals surface area contributed by atoms with Crippen LogP contribution in [0.3, 0.4) is 0 Å². The highest BCUT2D eigenvalue weighted by atomic mass is 16.5. The predicted molar refractivity (Wildman–Crippen MR) is 138 cm³/mol. The van der Waals surface area contributed by atoms with E-state index in [4.69, 9.17) is 4.74 Å². The van der Waals surface area contributed by atoms with Gasteiger partial charge in [-0.3, -0.25) is 24.0 Å². The van der Waals surface area contributed by atoms with Gasteiger partial charge in [-0.1, -0.05) is 24.3 Å². The first kappa shape index (κ1) is 25.1. The Hall–Kier alpha value is -4.99. The van der Waals surface area contributed by atoms with Gasteiger partial charge < -0.3 is 15.4 Å². The SMILES string of the molecule is Cc1c(NC(=O)[C@@H](C)OC(=O)c2cccc(NC(=O)c3cccnc3)c2)c(=O)n(-c2ccccc2)n1C. The number of benzene rings is 2. The lowest BCUT2D eigenvalue weighted by Gasteiger charge is -2.13. The van der Waals surface area contributed by atoms with Crippen LogP contribution in [-0.4, -0.2) is 38.2 Å². The van der Waals surface area contributed by atoms with E-state index in [0.29, 0.717) is 22.6 Å². The molecular weight excluding hydrogens is 474 g/mol.